The number of nitrogens with one attached hydrogen (secondary N) is 1. The zero-order chi connectivity index (χ0) is 19.9. The highest BCUT2D eigenvalue weighted by atomic mass is 32.2. The van der Waals surface area contributed by atoms with E-state index >= 15 is 0 Å². The molecule has 1 N–H and O–H groups in total. The monoisotopic (exact) mass is 398 g/mol. The van der Waals surface area contributed by atoms with Gasteiger partial charge in [0.25, 0.3) is 0 Å². The van der Waals surface area contributed by atoms with Crippen LogP contribution >= 0.6 is 11.8 Å². The number of nitrogens with zero attached hydrogens (tertiary/aromatic N) is 3. The van der Waals surface area contributed by atoms with Crippen molar-refractivity contribution >= 4 is 23.4 Å². The summed E-state index contributed by atoms with van der Waals surface area (Å²) in [5.41, 5.74) is 3.91. The van der Waals surface area contributed by atoms with Crippen LogP contribution in [0.1, 0.15) is 49.1 Å². The Morgan fingerprint density at radius 3 is 2.54 bits per heavy atom. The second kappa shape index (κ2) is 10.0. The lowest BCUT2D eigenvalue weighted by Gasteiger charge is -2.31. The van der Waals surface area contributed by atoms with E-state index in [2.05, 4.69) is 33.3 Å². The van der Waals surface area contributed by atoms with Crippen molar-refractivity contribution in [2.24, 2.45) is 0 Å². The van der Waals surface area contributed by atoms with E-state index in [-0.39, 0.29) is 5.91 Å². The van der Waals surface area contributed by atoms with E-state index < -0.39 is 0 Å². The molecule has 1 amide bonds. The normalized spacial score (nSPS) is 15.0. The number of aromatic nitrogens is 2. The maximum absolute atomic E-state index is 12.5. The zero-order valence-corrected chi connectivity index (χ0v) is 17.9. The van der Waals surface area contributed by atoms with Gasteiger partial charge in [0.15, 0.2) is 5.16 Å². The summed E-state index contributed by atoms with van der Waals surface area (Å²) in [7, 11) is 2.20. The third-order valence-electron chi connectivity index (χ3n) is 5.20. The molecule has 2 aromatic rings. The van der Waals surface area contributed by atoms with E-state index in [9.17, 15) is 4.79 Å². The van der Waals surface area contributed by atoms with E-state index in [1.54, 1.807) is 0 Å². The van der Waals surface area contributed by atoms with Crippen LogP contribution < -0.4 is 5.32 Å². The number of carbonyl (C=O) groups excluding carboxylic acids is 1. The van der Waals surface area contributed by atoms with Crippen LogP contribution in [-0.2, 0) is 11.3 Å². The molecule has 1 aliphatic rings. The Morgan fingerprint density at radius 2 is 1.82 bits per heavy atom. The highest BCUT2D eigenvalue weighted by Crippen LogP contribution is 2.25. The van der Waals surface area contributed by atoms with Crippen LogP contribution in [0, 0.1) is 13.8 Å². The standard InChI is InChI=1S/C22H30N4OS/c1-16-13-17(2)24-22(23-16)28-15-21(27)25-20-12-8-7-9-18(20)14-26(3)19-10-5-4-6-11-19/h7-9,12-13,19H,4-6,10-11,14-15H2,1-3H3,(H,25,27). The fourth-order valence-corrected chi connectivity index (χ4v) is 4.52. The molecule has 0 saturated heterocycles. The van der Waals surface area contributed by atoms with Gasteiger partial charge in [0, 0.05) is 29.7 Å². The van der Waals surface area contributed by atoms with Gasteiger partial charge in [-0.05, 0) is 51.4 Å². The molecule has 6 heteroatoms. The molecule has 0 aliphatic heterocycles. The Kier molecular flexibility index (Phi) is 7.45. The SMILES string of the molecule is Cc1cc(C)nc(SCC(=O)Nc2ccccc2CN(C)C2CCCCC2)n1. The fourth-order valence-electron chi connectivity index (χ4n) is 3.77. The lowest BCUT2D eigenvalue weighted by Crippen LogP contribution is -2.33. The van der Waals surface area contributed by atoms with E-state index in [0.717, 1.165) is 29.2 Å². The van der Waals surface area contributed by atoms with Crippen LogP contribution in [0.25, 0.3) is 0 Å². The van der Waals surface area contributed by atoms with E-state index in [1.165, 1.54) is 43.9 Å². The first-order valence-electron chi connectivity index (χ1n) is 10.0. The van der Waals surface area contributed by atoms with Crippen molar-refractivity contribution in [3.63, 3.8) is 0 Å². The summed E-state index contributed by atoms with van der Waals surface area (Å²) in [5, 5.41) is 3.73. The van der Waals surface area contributed by atoms with Crippen molar-refractivity contribution in [2.75, 3.05) is 18.1 Å². The molecule has 1 fully saturated rings. The minimum absolute atomic E-state index is 0.0273. The number of carbonyl (C=O) groups is 1. The number of amides is 1. The number of hydrogen-bond donors (Lipinski definition) is 1. The Bertz CT molecular complexity index is 785. The Labute approximate surface area is 172 Å². The maximum atomic E-state index is 12.5. The first-order valence-corrected chi connectivity index (χ1v) is 11.0. The Morgan fingerprint density at radius 1 is 1.14 bits per heavy atom. The number of para-hydroxylation sites is 1. The van der Waals surface area contributed by atoms with Crippen molar-refractivity contribution in [3.8, 4) is 0 Å². The van der Waals surface area contributed by atoms with Gasteiger partial charge in [0.2, 0.25) is 5.91 Å². The smallest absolute Gasteiger partial charge is 0.234 e. The molecule has 1 aliphatic carbocycles. The predicted molar refractivity (Wildman–Crippen MR) is 116 cm³/mol. The average Bonchev–Trinajstić information content (AvgIpc) is 2.68. The van der Waals surface area contributed by atoms with E-state index in [1.807, 2.05) is 38.1 Å². The minimum atomic E-state index is -0.0273. The number of anilines is 1. The van der Waals surface area contributed by atoms with Crippen LogP contribution in [0.15, 0.2) is 35.5 Å². The number of thioether (sulfide) groups is 1. The van der Waals surface area contributed by atoms with E-state index in [4.69, 9.17) is 0 Å². The molecule has 1 saturated carbocycles. The largest absolute Gasteiger partial charge is 0.325 e. The Hall–Kier alpha value is -1.92. The molecule has 1 aromatic carbocycles. The number of rotatable bonds is 7. The van der Waals surface area contributed by atoms with Crippen molar-refractivity contribution in [1.82, 2.24) is 14.9 Å². The molecule has 1 aromatic heterocycles. The van der Waals surface area contributed by atoms with Gasteiger partial charge >= 0.3 is 0 Å². The number of hydrogen-bond acceptors (Lipinski definition) is 5. The Balaban J connectivity index is 1.58. The quantitative estimate of drug-likeness (QED) is 0.546. The molecule has 1 heterocycles. The van der Waals surface area contributed by atoms with Gasteiger partial charge < -0.3 is 5.32 Å². The van der Waals surface area contributed by atoms with Gasteiger partial charge in [0.1, 0.15) is 0 Å². The van der Waals surface area contributed by atoms with Crippen molar-refractivity contribution < 1.29 is 4.79 Å². The molecular weight excluding hydrogens is 368 g/mol. The van der Waals surface area contributed by atoms with Gasteiger partial charge in [0.05, 0.1) is 5.75 Å². The summed E-state index contributed by atoms with van der Waals surface area (Å²) in [6, 6.07) is 10.7. The number of aryl methyl sites for hydroxylation is 2. The molecule has 0 radical (unpaired) electrons. The molecular formula is C22H30N4OS. The van der Waals surface area contributed by atoms with Gasteiger partial charge in [-0.3, -0.25) is 9.69 Å². The summed E-state index contributed by atoms with van der Waals surface area (Å²) in [4.78, 5) is 23.7. The maximum Gasteiger partial charge on any atom is 0.234 e. The first kappa shape index (κ1) is 20.8. The molecule has 28 heavy (non-hydrogen) atoms. The van der Waals surface area contributed by atoms with Gasteiger partial charge in [-0.25, -0.2) is 9.97 Å². The molecule has 0 spiro atoms. The second-order valence-electron chi connectivity index (χ2n) is 7.63. The van der Waals surface area contributed by atoms with Crippen LogP contribution in [0.4, 0.5) is 5.69 Å². The molecule has 0 atom stereocenters. The van der Waals surface area contributed by atoms with Crippen LogP contribution in [0.3, 0.4) is 0 Å². The fraction of sp³-hybridized carbons (Fsp3) is 0.500. The summed E-state index contributed by atoms with van der Waals surface area (Å²) >= 11 is 1.37. The molecule has 150 valence electrons. The van der Waals surface area contributed by atoms with Crippen LogP contribution in [0.2, 0.25) is 0 Å². The first-order chi connectivity index (χ1) is 13.5. The van der Waals surface area contributed by atoms with Gasteiger partial charge in [-0.2, -0.15) is 0 Å². The molecule has 0 unspecified atom stereocenters. The summed E-state index contributed by atoms with van der Waals surface area (Å²) in [6.07, 6.45) is 6.56. The lowest BCUT2D eigenvalue weighted by atomic mass is 9.94. The van der Waals surface area contributed by atoms with Crippen LogP contribution in [-0.4, -0.2) is 39.6 Å². The van der Waals surface area contributed by atoms with Gasteiger partial charge in [-0.1, -0.05) is 49.2 Å². The predicted octanol–water partition coefficient (Wildman–Crippen LogP) is 4.59. The zero-order valence-electron chi connectivity index (χ0n) is 17.1. The highest BCUT2D eigenvalue weighted by Gasteiger charge is 2.19. The van der Waals surface area contributed by atoms with Crippen molar-refractivity contribution in [1.29, 1.82) is 0 Å². The highest BCUT2D eigenvalue weighted by molar-refractivity contribution is 7.99. The topological polar surface area (TPSA) is 58.1 Å². The van der Waals surface area contributed by atoms with Crippen molar-refractivity contribution in [2.45, 2.75) is 63.7 Å². The van der Waals surface area contributed by atoms with Crippen molar-refractivity contribution in [3.05, 3.63) is 47.3 Å². The summed E-state index contributed by atoms with van der Waals surface area (Å²) in [6.45, 7) is 4.74. The minimum Gasteiger partial charge on any atom is -0.325 e. The second-order valence-corrected chi connectivity index (χ2v) is 8.58. The average molecular weight is 399 g/mol. The third-order valence-corrected chi connectivity index (χ3v) is 6.05. The van der Waals surface area contributed by atoms with E-state index in [0.29, 0.717) is 17.0 Å². The molecule has 5 nitrogen and oxygen atoms in total. The molecule has 3 rings (SSSR count). The van der Waals surface area contributed by atoms with Gasteiger partial charge in [-0.15, -0.1) is 0 Å². The summed E-state index contributed by atoms with van der Waals surface area (Å²) < 4.78 is 0. The summed E-state index contributed by atoms with van der Waals surface area (Å²) in [5.74, 6) is 0.274. The lowest BCUT2D eigenvalue weighted by molar-refractivity contribution is -0.113. The number of benzene rings is 1. The van der Waals surface area contributed by atoms with Crippen LogP contribution in [0.5, 0.6) is 0 Å². The third kappa shape index (κ3) is 6.04. The molecule has 0 bridgehead atoms.